The van der Waals surface area contributed by atoms with Crippen molar-refractivity contribution < 1.29 is 23.9 Å². The molecule has 1 aliphatic carbocycles. The summed E-state index contributed by atoms with van der Waals surface area (Å²) >= 11 is 0. The fourth-order valence-corrected chi connectivity index (χ4v) is 1.94. The summed E-state index contributed by atoms with van der Waals surface area (Å²) in [4.78, 5) is 34.4. The van der Waals surface area contributed by atoms with E-state index in [9.17, 15) is 14.4 Å². The molecule has 0 spiro atoms. The standard InChI is InChI=1S/C12H10O5/c1-16-8-4-3-6-9(12(8)17-2)11(15)7(5-13)10(6)14/h3-5,7H,1-2H3. The van der Waals surface area contributed by atoms with Gasteiger partial charge < -0.3 is 14.3 Å². The van der Waals surface area contributed by atoms with E-state index in [0.29, 0.717) is 12.0 Å². The minimum Gasteiger partial charge on any atom is -0.493 e. The predicted molar refractivity (Wildman–Crippen MR) is 57.8 cm³/mol. The van der Waals surface area contributed by atoms with Gasteiger partial charge in [0.25, 0.3) is 0 Å². The second-order valence-electron chi connectivity index (χ2n) is 3.57. The van der Waals surface area contributed by atoms with Crippen LogP contribution < -0.4 is 9.47 Å². The third-order valence-electron chi connectivity index (χ3n) is 2.76. The van der Waals surface area contributed by atoms with Crippen LogP contribution in [0.1, 0.15) is 20.7 Å². The van der Waals surface area contributed by atoms with E-state index in [-0.39, 0.29) is 16.9 Å². The van der Waals surface area contributed by atoms with Crippen LogP contribution >= 0.6 is 0 Å². The number of carbonyl (C=O) groups excluding carboxylic acids is 3. The monoisotopic (exact) mass is 234 g/mol. The Balaban J connectivity index is 2.70. The van der Waals surface area contributed by atoms with E-state index < -0.39 is 17.5 Å². The number of hydrogen-bond donors (Lipinski definition) is 0. The molecule has 0 heterocycles. The fraction of sp³-hybridized carbons (Fsp3) is 0.250. The van der Waals surface area contributed by atoms with Crippen molar-refractivity contribution in [2.24, 2.45) is 5.92 Å². The Morgan fingerprint density at radius 1 is 1.12 bits per heavy atom. The minimum atomic E-state index is -1.24. The zero-order chi connectivity index (χ0) is 12.6. The van der Waals surface area contributed by atoms with Crippen LogP contribution in [-0.2, 0) is 4.79 Å². The van der Waals surface area contributed by atoms with Crippen LogP contribution in [0.15, 0.2) is 12.1 Å². The van der Waals surface area contributed by atoms with Crippen molar-refractivity contribution in [1.82, 2.24) is 0 Å². The molecule has 88 valence electrons. The average Bonchev–Trinajstić information content (AvgIpc) is 2.60. The number of hydrogen-bond acceptors (Lipinski definition) is 5. The number of fused-ring (bicyclic) bond motifs is 1. The van der Waals surface area contributed by atoms with Gasteiger partial charge in [-0.1, -0.05) is 0 Å². The van der Waals surface area contributed by atoms with Crippen LogP contribution in [0.3, 0.4) is 0 Å². The van der Waals surface area contributed by atoms with Crippen molar-refractivity contribution in [2.75, 3.05) is 14.2 Å². The Morgan fingerprint density at radius 2 is 1.82 bits per heavy atom. The highest BCUT2D eigenvalue weighted by atomic mass is 16.5. The summed E-state index contributed by atoms with van der Waals surface area (Å²) in [6.45, 7) is 0. The first kappa shape index (κ1) is 11.3. The smallest absolute Gasteiger partial charge is 0.185 e. The maximum atomic E-state index is 11.9. The van der Waals surface area contributed by atoms with E-state index in [1.807, 2.05) is 0 Å². The van der Waals surface area contributed by atoms with Crippen molar-refractivity contribution in [3.05, 3.63) is 23.3 Å². The van der Waals surface area contributed by atoms with Crippen LogP contribution in [0.4, 0.5) is 0 Å². The second kappa shape index (κ2) is 4.01. The molecular formula is C12H10O5. The van der Waals surface area contributed by atoms with Crippen molar-refractivity contribution in [3.63, 3.8) is 0 Å². The van der Waals surface area contributed by atoms with Gasteiger partial charge in [-0.25, -0.2) is 0 Å². The van der Waals surface area contributed by atoms with Crippen molar-refractivity contribution in [1.29, 1.82) is 0 Å². The highest BCUT2D eigenvalue weighted by Gasteiger charge is 2.41. The van der Waals surface area contributed by atoms with E-state index >= 15 is 0 Å². The molecule has 1 unspecified atom stereocenters. The number of carbonyl (C=O) groups is 3. The maximum Gasteiger partial charge on any atom is 0.185 e. The van der Waals surface area contributed by atoms with Gasteiger partial charge in [-0.15, -0.1) is 0 Å². The molecule has 1 aromatic carbocycles. The lowest BCUT2D eigenvalue weighted by molar-refractivity contribution is -0.108. The molecule has 0 saturated heterocycles. The molecule has 0 N–H and O–H groups in total. The first-order valence-corrected chi connectivity index (χ1v) is 4.94. The minimum absolute atomic E-state index is 0.133. The van der Waals surface area contributed by atoms with Gasteiger partial charge >= 0.3 is 0 Å². The molecule has 0 aromatic heterocycles. The molecule has 0 fully saturated rings. The molecule has 2 rings (SSSR count). The molecule has 1 atom stereocenters. The van der Waals surface area contributed by atoms with Crippen molar-refractivity contribution >= 4 is 17.9 Å². The highest BCUT2D eigenvalue weighted by Crippen LogP contribution is 2.39. The molecule has 0 aliphatic heterocycles. The van der Waals surface area contributed by atoms with Crippen molar-refractivity contribution in [2.45, 2.75) is 0 Å². The van der Waals surface area contributed by atoms with Gasteiger partial charge in [-0.2, -0.15) is 0 Å². The second-order valence-corrected chi connectivity index (χ2v) is 3.57. The number of aldehydes is 1. The highest BCUT2D eigenvalue weighted by molar-refractivity contribution is 6.33. The predicted octanol–water partition coefficient (Wildman–Crippen LogP) is 0.898. The molecule has 1 aliphatic rings. The zero-order valence-corrected chi connectivity index (χ0v) is 9.35. The Labute approximate surface area is 97.3 Å². The number of benzene rings is 1. The van der Waals surface area contributed by atoms with Crippen LogP contribution in [0.5, 0.6) is 11.5 Å². The molecule has 0 bridgehead atoms. The van der Waals surface area contributed by atoms with Gasteiger partial charge in [0.2, 0.25) is 0 Å². The molecule has 0 radical (unpaired) electrons. The third-order valence-corrected chi connectivity index (χ3v) is 2.76. The molecule has 0 amide bonds. The van der Waals surface area contributed by atoms with Crippen LogP contribution in [0, 0.1) is 5.92 Å². The summed E-state index contributed by atoms with van der Waals surface area (Å²) in [7, 11) is 2.81. The Kier molecular flexibility index (Phi) is 2.67. The van der Waals surface area contributed by atoms with Gasteiger partial charge in [-0.05, 0) is 12.1 Å². The first-order valence-electron chi connectivity index (χ1n) is 4.94. The molecule has 1 aromatic rings. The summed E-state index contributed by atoms with van der Waals surface area (Å²) in [6, 6.07) is 3.01. The van der Waals surface area contributed by atoms with E-state index in [2.05, 4.69) is 0 Å². The molecule has 5 nitrogen and oxygen atoms in total. The number of ether oxygens (including phenoxy) is 2. The molecule has 0 saturated carbocycles. The van der Waals surface area contributed by atoms with Crippen molar-refractivity contribution in [3.8, 4) is 11.5 Å². The summed E-state index contributed by atoms with van der Waals surface area (Å²) in [5, 5.41) is 0. The number of ketones is 2. The third kappa shape index (κ3) is 1.43. The molecule has 5 heteroatoms. The average molecular weight is 234 g/mol. The maximum absolute atomic E-state index is 11.9. The summed E-state index contributed by atoms with van der Waals surface area (Å²) in [5.74, 6) is -1.70. The summed E-state index contributed by atoms with van der Waals surface area (Å²) in [5.41, 5.74) is 0.346. The van der Waals surface area contributed by atoms with Gasteiger partial charge in [0.15, 0.2) is 23.1 Å². The summed E-state index contributed by atoms with van der Waals surface area (Å²) in [6.07, 6.45) is 0.358. The zero-order valence-electron chi connectivity index (χ0n) is 9.35. The van der Waals surface area contributed by atoms with Crippen LogP contribution in [-0.4, -0.2) is 32.1 Å². The van der Waals surface area contributed by atoms with Crippen LogP contribution in [0.2, 0.25) is 0 Å². The van der Waals surface area contributed by atoms with Gasteiger partial charge in [0.1, 0.15) is 12.2 Å². The topological polar surface area (TPSA) is 69.7 Å². The SMILES string of the molecule is COc1ccc2c(c1OC)C(=O)C(C=O)C2=O. The first-order chi connectivity index (χ1) is 8.15. The number of Topliss-reactive ketones (excluding diaryl/α,β-unsaturated/α-hetero) is 2. The van der Waals surface area contributed by atoms with Gasteiger partial charge in [0, 0.05) is 5.56 Å². The number of methoxy groups -OCH3 is 2. The van der Waals surface area contributed by atoms with E-state index in [0.717, 1.165) is 0 Å². The normalized spacial score (nSPS) is 17.9. The summed E-state index contributed by atoms with van der Waals surface area (Å²) < 4.78 is 10.1. The van der Waals surface area contributed by atoms with Gasteiger partial charge in [-0.3, -0.25) is 9.59 Å². The Morgan fingerprint density at radius 3 is 2.35 bits per heavy atom. The molecular weight excluding hydrogens is 224 g/mol. The lowest BCUT2D eigenvalue weighted by atomic mass is 10.1. The lowest BCUT2D eigenvalue weighted by Crippen LogP contribution is -2.16. The Bertz CT molecular complexity index is 518. The fourth-order valence-electron chi connectivity index (χ4n) is 1.94. The largest absolute Gasteiger partial charge is 0.493 e. The molecule has 17 heavy (non-hydrogen) atoms. The van der Waals surface area contributed by atoms with Gasteiger partial charge in [0.05, 0.1) is 19.8 Å². The lowest BCUT2D eigenvalue weighted by Gasteiger charge is -2.10. The van der Waals surface area contributed by atoms with E-state index in [4.69, 9.17) is 9.47 Å². The Hall–Kier alpha value is -2.17. The van der Waals surface area contributed by atoms with E-state index in [1.54, 1.807) is 0 Å². The quantitative estimate of drug-likeness (QED) is 0.574. The van der Waals surface area contributed by atoms with E-state index in [1.165, 1.54) is 26.4 Å². The van der Waals surface area contributed by atoms with Crippen LogP contribution in [0.25, 0.3) is 0 Å². The number of rotatable bonds is 3.